The third-order valence-electron chi connectivity index (χ3n) is 6.38. The van der Waals surface area contributed by atoms with Crippen molar-refractivity contribution < 1.29 is 18.7 Å². The Morgan fingerprint density at radius 1 is 1.12 bits per heavy atom. The SMILES string of the molecule is CC[C@@H](C(=O)NC1CCCCC1)N(Cc1ccc(F)cc1)C(=O)COc1cc(C)c(Br)c(C)c1. The number of amides is 2. The minimum Gasteiger partial charge on any atom is -0.484 e. The van der Waals surface area contributed by atoms with Gasteiger partial charge in [0, 0.05) is 17.1 Å². The first kappa shape index (κ1) is 26.2. The Labute approximate surface area is 210 Å². The molecule has 34 heavy (non-hydrogen) atoms. The average Bonchev–Trinajstić information content (AvgIpc) is 2.82. The van der Waals surface area contributed by atoms with Crippen molar-refractivity contribution in [2.75, 3.05) is 6.61 Å². The van der Waals surface area contributed by atoms with Gasteiger partial charge in [-0.1, -0.05) is 54.2 Å². The molecular weight excluding hydrogens is 499 g/mol. The number of hydrogen-bond acceptors (Lipinski definition) is 3. The van der Waals surface area contributed by atoms with E-state index >= 15 is 0 Å². The lowest BCUT2D eigenvalue weighted by atomic mass is 9.95. The number of ether oxygens (including phenoxy) is 1. The fourth-order valence-corrected chi connectivity index (χ4v) is 4.70. The summed E-state index contributed by atoms with van der Waals surface area (Å²) in [5, 5.41) is 3.16. The predicted octanol–water partition coefficient (Wildman–Crippen LogP) is 5.84. The monoisotopic (exact) mass is 532 g/mol. The molecule has 1 atom stereocenters. The van der Waals surface area contributed by atoms with Crippen molar-refractivity contribution in [2.24, 2.45) is 0 Å². The lowest BCUT2D eigenvalue weighted by molar-refractivity contribution is -0.143. The maximum absolute atomic E-state index is 13.4. The number of aryl methyl sites for hydroxylation is 2. The number of nitrogens with one attached hydrogen (secondary N) is 1. The second kappa shape index (κ2) is 12.3. The third-order valence-corrected chi connectivity index (χ3v) is 7.63. The lowest BCUT2D eigenvalue weighted by Gasteiger charge is -2.32. The summed E-state index contributed by atoms with van der Waals surface area (Å²) in [4.78, 5) is 28.1. The Bertz CT molecular complexity index is 967. The van der Waals surface area contributed by atoms with Gasteiger partial charge in [-0.2, -0.15) is 0 Å². The van der Waals surface area contributed by atoms with Crippen LogP contribution in [0.3, 0.4) is 0 Å². The van der Waals surface area contributed by atoms with Gasteiger partial charge in [0.25, 0.3) is 5.91 Å². The molecule has 0 spiro atoms. The Hall–Kier alpha value is -2.41. The van der Waals surface area contributed by atoms with Gasteiger partial charge in [0.1, 0.15) is 17.6 Å². The van der Waals surface area contributed by atoms with Gasteiger partial charge in [-0.05, 0) is 74.1 Å². The molecule has 1 N–H and O–H groups in total. The van der Waals surface area contributed by atoms with E-state index in [-0.39, 0.29) is 36.8 Å². The van der Waals surface area contributed by atoms with E-state index in [0.717, 1.165) is 46.8 Å². The topological polar surface area (TPSA) is 58.6 Å². The molecule has 7 heteroatoms. The molecule has 2 aromatic rings. The molecule has 0 radical (unpaired) electrons. The highest BCUT2D eigenvalue weighted by Crippen LogP contribution is 2.26. The van der Waals surface area contributed by atoms with E-state index in [1.807, 2.05) is 32.9 Å². The van der Waals surface area contributed by atoms with Crippen LogP contribution in [0.2, 0.25) is 0 Å². The van der Waals surface area contributed by atoms with Gasteiger partial charge in [0.15, 0.2) is 6.61 Å². The van der Waals surface area contributed by atoms with Crippen molar-refractivity contribution in [1.82, 2.24) is 10.2 Å². The van der Waals surface area contributed by atoms with Crippen molar-refractivity contribution >= 4 is 27.7 Å². The molecule has 0 aliphatic heterocycles. The van der Waals surface area contributed by atoms with E-state index in [0.29, 0.717) is 12.2 Å². The summed E-state index contributed by atoms with van der Waals surface area (Å²) in [7, 11) is 0. The van der Waals surface area contributed by atoms with Crippen molar-refractivity contribution in [3.63, 3.8) is 0 Å². The molecule has 0 bridgehead atoms. The predicted molar refractivity (Wildman–Crippen MR) is 135 cm³/mol. The maximum atomic E-state index is 13.4. The number of carbonyl (C=O) groups is 2. The van der Waals surface area contributed by atoms with Crippen LogP contribution in [0.1, 0.15) is 62.1 Å². The highest BCUT2D eigenvalue weighted by atomic mass is 79.9. The molecule has 1 aliphatic carbocycles. The van der Waals surface area contributed by atoms with E-state index in [9.17, 15) is 14.0 Å². The highest BCUT2D eigenvalue weighted by Gasteiger charge is 2.30. The molecule has 2 amide bonds. The van der Waals surface area contributed by atoms with Crippen LogP contribution in [0.4, 0.5) is 4.39 Å². The van der Waals surface area contributed by atoms with Gasteiger partial charge < -0.3 is 15.0 Å². The van der Waals surface area contributed by atoms with Gasteiger partial charge in [0.2, 0.25) is 5.91 Å². The Kier molecular flexibility index (Phi) is 9.51. The summed E-state index contributed by atoms with van der Waals surface area (Å²) in [5.74, 6) is -0.158. The Morgan fingerprint density at radius 2 is 1.74 bits per heavy atom. The summed E-state index contributed by atoms with van der Waals surface area (Å²) in [6.45, 7) is 5.86. The average molecular weight is 533 g/mol. The fourth-order valence-electron chi connectivity index (χ4n) is 4.47. The molecule has 1 fully saturated rings. The van der Waals surface area contributed by atoms with Crippen LogP contribution < -0.4 is 10.1 Å². The van der Waals surface area contributed by atoms with Gasteiger partial charge in [-0.15, -0.1) is 0 Å². The van der Waals surface area contributed by atoms with Crippen LogP contribution in [0.5, 0.6) is 5.75 Å². The molecular formula is C27H34BrFN2O3. The number of carbonyl (C=O) groups excluding carboxylic acids is 2. The van der Waals surface area contributed by atoms with Crippen LogP contribution >= 0.6 is 15.9 Å². The van der Waals surface area contributed by atoms with Crippen LogP contribution in [-0.2, 0) is 16.1 Å². The smallest absolute Gasteiger partial charge is 0.261 e. The second-order valence-electron chi connectivity index (χ2n) is 9.08. The second-order valence-corrected chi connectivity index (χ2v) is 9.87. The van der Waals surface area contributed by atoms with Crippen molar-refractivity contribution in [2.45, 2.75) is 77.9 Å². The highest BCUT2D eigenvalue weighted by molar-refractivity contribution is 9.10. The molecule has 0 aromatic heterocycles. The zero-order chi connectivity index (χ0) is 24.7. The Morgan fingerprint density at radius 3 is 2.32 bits per heavy atom. The third kappa shape index (κ3) is 7.05. The van der Waals surface area contributed by atoms with Crippen molar-refractivity contribution in [3.8, 4) is 5.75 Å². The lowest BCUT2D eigenvalue weighted by Crippen LogP contribution is -2.52. The van der Waals surface area contributed by atoms with Gasteiger partial charge >= 0.3 is 0 Å². The van der Waals surface area contributed by atoms with Gasteiger partial charge in [0.05, 0.1) is 0 Å². The first-order valence-corrected chi connectivity index (χ1v) is 12.8. The molecule has 0 saturated heterocycles. The van der Waals surface area contributed by atoms with Crippen molar-refractivity contribution in [3.05, 3.63) is 63.4 Å². The van der Waals surface area contributed by atoms with E-state index in [1.54, 1.807) is 17.0 Å². The molecule has 2 aromatic carbocycles. The Balaban J connectivity index is 1.77. The van der Waals surface area contributed by atoms with E-state index in [4.69, 9.17) is 4.74 Å². The molecule has 1 saturated carbocycles. The minimum absolute atomic E-state index is 0.139. The standard InChI is InChI=1S/C27H34BrFN2O3/c1-4-24(27(33)30-22-8-6-5-7-9-22)31(16-20-10-12-21(29)13-11-20)25(32)17-34-23-14-18(2)26(28)19(3)15-23/h10-15,22,24H,4-9,16-17H2,1-3H3,(H,30,33)/t24-/m0/s1. The zero-order valence-electron chi connectivity index (χ0n) is 20.2. The molecule has 1 aliphatic rings. The zero-order valence-corrected chi connectivity index (χ0v) is 21.8. The van der Waals surface area contributed by atoms with Crippen LogP contribution in [0.15, 0.2) is 40.9 Å². The van der Waals surface area contributed by atoms with E-state index in [2.05, 4.69) is 21.2 Å². The molecule has 0 heterocycles. The van der Waals surface area contributed by atoms with Crippen molar-refractivity contribution in [1.29, 1.82) is 0 Å². The fraction of sp³-hybridized carbons (Fsp3) is 0.481. The molecule has 3 rings (SSSR count). The quantitative estimate of drug-likeness (QED) is 0.441. The van der Waals surface area contributed by atoms with Gasteiger partial charge in [-0.3, -0.25) is 9.59 Å². The van der Waals surface area contributed by atoms with Crippen LogP contribution in [0, 0.1) is 19.7 Å². The van der Waals surface area contributed by atoms with E-state index < -0.39 is 6.04 Å². The molecule has 184 valence electrons. The number of nitrogens with zero attached hydrogens (tertiary/aromatic N) is 1. The van der Waals surface area contributed by atoms with Gasteiger partial charge in [-0.25, -0.2) is 4.39 Å². The summed E-state index contributed by atoms with van der Waals surface area (Å²) in [6, 6.07) is 9.30. The first-order valence-electron chi connectivity index (χ1n) is 12.0. The summed E-state index contributed by atoms with van der Waals surface area (Å²) < 4.78 is 20.3. The summed E-state index contributed by atoms with van der Waals surface area (Å²) >= 11 is 3.54. The number of halogens is 2. The molecule has 0 unspecified atom stereocenters. The summed E-state index contributed by atoms with van der Waals surface area (Å²) in [5.41, 5.74) is 2.79. The number of benzene rings is 2. The first-order chi connectivity index (χ1) is 16.3. The summed E-state index contributed by atoms with van der Waals surface area (Å²) in [6.07, 6.45) is 5.84. The normalized spacial score (nSPS) is 15.0. The minimum atomic E-state index is -0.628. The molecule has 5 nitrogen and oxygen atoms in total. The van der Waals surface area contributed by atoms with Crippen LogP contribution in [0.25, 0.3) is 0 Å². The van der Waals surface area contributed by atoms with E-state index in [1.165, 1.54) is 18.6 Å². The maximum Gasteiger partial charge on any atom is 0.261 e. The largest absolute Gasteiger partial charge is 0.484 e. The number of rotatable bonds is 9. The number of hydrogen-bond donors (Lipinski definition) is 1. The van der Waals surface area contributed by atoms with Crippen LogP contribution in [-0.4, -0.2) is 35.4 Å².